The van der Waals surface area contributed by atoms with Crippen molar-refractivity contribution in [3.8, 4) is 45.3 Å². The van der Waals surface area contributed by atoms with Crippen molar-refractivity contribution in [2.45, 2.75) is 52.4 Å². The van der Waals surface area contributed by atoms with Gasteiger partial charge >= 0.3 is 0 Å². The molecule has 0 spiro atoms. The number of thiophene rings is 2. The van der Waals surface area contributed by atoms with E-state index in [1.807, 2.05) is 181 Å². The maximum Gasteiger partial charge on any atom is 0.266 e. The third kappa shape index (κ3) is 9.72. The minimum Gasteiger partial charge on any atom is -0.457 e. The molecule has 4 amide bonds. The summed E-state index contributed by atoms with van der Waals surface area (Å²) < 4.78 is 14.1. The summed E-state index contributed by atoms with van der Waals surface area (Å²) in [6, 6.07) is 65.4. The SMILES string of the molecule is CC(C)(C)c1ccc(Oc2cc3c4c(ccc5c6c(Oc7ccc(C(C)(C)C)cc7)cc7c8c(ccc(c2c45)c86)C(=O)N(c2ccc(-c4ccc(N=Cc5cccs5)cc4)cc2)C7=O)C(=O)N(c2ccc(-c4ccc(N=Cc5cccs5)cc4)cc2)C3=O)cc1. The lowest BCUT2D eigenvalue weighted by Crippen LogP contribution is -2.40. The van der Waals surface area contributed by atoms with E-state index in [1.165, 1.54) is 9.80 Å². The molecule has 13 aromatic rings. The maximum absolute atomic E-state index is 15.5. The summed E-state index contributed by atoms with van der Waals surface area (Å²) in [6.07, 6.45) is 3.70. The normalized spacial score (nSPS) is 13.6. The average Bonchev–Trinajstić information content (AvgIpc) is 0.702. The van der Waals surface area contributed by atoms with E-state index in [0.717, 1.165) is 54.5 Å². The lowest BCUT2D eigenvalue weighted by molar-refractivity contribution is 0.0877. The monoisotopic (exact) mass is 1210 g/mol. The molecule has 4 heterocycles. The number of rotatable bonds is 12. The molecule has 0 saturated carbocycles. The second-order valence-electron chi connectivity index (χ2n) is 24.8. The molecule has 0 aliphatic carbocycles. The van der Waals surface area contributed by atoms with Crippen molar-refractivity contribution in [2.24, 2.45) is 9.98 Å². The Bertz CT molecular complexity index is 4780. The van der Waals surface area contributed by atoms with Crippen LogP contribution in [0.5, 0.6) is 23.0 Å². The molecular weight excluding hydrogens is 1150 g/mol. The van der Waals surface area contributed by atoms with Gasteiger partial charge in [-0.3, -0.25) is 29.2 Å². The van der Waals surface area contributed by atoms with Crippen molar-refractivity contribution < 1.29 is 28.7 Å². The highest BCUT2D eigenvalue weighted by atomic mass is 32.1. The van der Waals surface area contributed by atoms with E-state index in [1.54, 1.807) is 71.2 Å². The van der Waals surface area contributed by atoms with E-state index >= 15 is 19.2 Å². The van der Waals surface area contributed by atoms with E-state index in [0.29, 0.717) is 88.6 Å². The van der Waals surface area contributed by atoms with Gasteiger partial charge in [0.2, 0.25) is 0 Å². The minimum absolute atomic E-state index is 0.136. The number of amides is 4. The molecule has 0 fully saturated rings. The summed E-state index contributed by atoms with van der Waals surface area (Å²) in [4.78, 5) is 75.5. The third-order valence-corrected chi connectivity index (χ3v) is 18.7. The average molecular weight is 1210 g/mol. The zero-order chi connectivity index (χ0) is 61.7. The number of ether oxygens (including phenoxy) is 2. The fourth-order valence-electron chi connectivity index (χ4n) is 12.4. The number of hydrogen-bond acceptors (Lipinski definition) is 10. The van der Waals surface area contributed by atoms with Crippen LogP contribution in [0.25, 0.3) is 65.3 Å². The van der Waals surface area contributed by atoms with Gasteiger partial charge in [-0.25, -0.2) is 9.80 Å². The van der Waals surface area contributed by atoms with Crippen molar-refractivity contribution >= 4 is 125 Å². The molecule has 10 nitrogen and oxygen atoms in total. The summed E-state index contributed by atoms with van der Waals surface area (Å²) in [5.74, 6) is -0.260. The predicted molar refractivity (Wildman–Crippen MR) is 367 cm³/mol. The smallest absolute Gasteiger partial charge is 0.266 e. The van der Waals surface area contributed by atoms with E-state index < -0.39 is 23.6 Å². The van der Waals surface area contributed by atoms with Gasteiger partial charge in [0, 0.05) is 65.6 Å². The molecular formula is C78H56N4O6S2. The van der Waals surface area contributed by atoms with Gasteiger partial charge in [0.1, 0.15) is 23.0 Å². The van der Waals surface area contributed by atoms with Crippen LogP contribution in [-0.4, -0.2) is 36.1 Å². The molecule has 0 atom stereocenters. The third-order valence-electron chi connectivity index (χ3n) is 17.1. The molecule has 0 bridgehead atoms. The number of nitrogens with zero attached hydrogens (tertiary/aromatic N) is 4. The molecule has 15 rings (SSSR count). The maximum atomic E-state index is 15.5. The summed E-state index contributed by atoms with van der Waals surface area (Å²) in [7, 11) is 0. The molecule has 0 radical (unpaired) electrons. The fraction of sp³-hybridized carbons (Fsp3) is 0.103. The first-order chi connectivity index (χ1) is 43.5. The van der Waals surface area contributed by atoms with Gasteiger partial charge in [-0.2, -0.15) is 0 Å². The van der Waals surface area contributed by atoms with Crippen LogP contribution in [0, 0.1) is 0 Å². The van der Waals surface area contributed by atoms with Crippen LogP contribution >= 0.6 is 22.7 Å². The van der Waals surface area contributed by atoms with E-state index in [-0.39, 0.29) is 22.0 Å². The molecule has 0 unspecified atom stereocenters. The molecule has 2 aliphatic heterocycles. The number of carbonyl (C=O) groups excluding carboxylic acids is 4. The number of aliphatic imine (C=N–C) groups is 2. The van der Waals surface area contributed by atoms with Crippen LogP contribution < -0.4 is 19.3 Å². The second-order valence-corrected chi connectivity index (χ2v) is 26.8. The topological polar surface area (TPSA) is 118 Å². The quantitative estimate of drug-likeness (QED) is 0.0520. The van der Waals surface area contributed by atoms with Gasteiger partial charge in [0.25, 0.3) is 23.6 Å². The van der Waals surface area contributed by atoms with Gasteiger partial charge in [-0.05, 0) is 175 Å². The molecule has 2 aliphatic rings. The summed E-state index contributed by atoms with van der Waals surface area (Å²) in [5.41, 5.74) is 9.29. The van der Waals surface area contributed by atoms with Crippen molar-refractivity contribution in [3.63, 3.8) is 0 Å². The molecule has 0 N–H and O–H groups in total. The largest absolute Gasteiger partial charge is 0.457 e. The van der Waals surface area contributed by atoms with Gasteiger partial charge < -0.3 is 9.47 Å². The Morgan fingerprint density at radius 3 is 1.04 bits per heavy atom. The summed E-state index contributed by atoms with van der Waals surface area (Å²) >= 11 is 3.25. The van der Waals surface area contributed by atoms with Gasteiger partial charge in [0.05, 0.1) is 33.9 Å². The Kier molecular flexibility index (Phi) is 13.4. The molecule has 90 heavy (non-hydrogen) atoms. The number of fused-ring (bicyclic) bond motifs is 2. The highest BCUT2D eigenvalue weighted by Gasteiger charge is 2.40. The number of carbonyl (C=O) groups is 4. The summed E-state index contributed by atoms with van der Waals surface area (Å²) in [5, 5.41) is 8.64. The zero-order valence-electron chi connectivity index (χ0n) is 50.0. The Labute approximate surface area is 527 Å². The van der Waals surface area contributed by atoms with Crippen molar-refractivity contribution in [2.75, 3.05) is 9.80 Å². The standard InChI is InChI=1S/C78H56N4O6S2/c1-77(2,3)49-19-31-55(32-20-49)87-65-41-63-67-61(73(83)81(75(63)85)53-27-15-47(16-28-53)45-11-23-51(24-12-45)79-43-57-9-7-39-89-57)38-36-60-70-66(88-56-33-21-50(22-34-56)78(4,5)6)42-64-68-62(37-35-59(72(68)70)69(65)71(60)67)74(84)82(76(64)86)54-29-17-48(18-30-54)46-13-25-52(26-14-46)80-44-58-10-8-40-90-58/h7-44H,1-6H3. The Balaban J connectivity index is 0.876. The first-order valence-corrected chi connectivity index (χ1v) is 31.5. The molecule has 11 aromatic carbocycles. The number of hydrogen-bond donors (Lipinski definition) is 0. The Morgan fingerprint density at radius 2 is 0.711 bits per heavy atom. The fourth-order valence-corrected chi connectivity index (χ4v) is 13.6. The van der Waals surface area contributed by atoms with Gasteiger partial charge in [0.15, 0.2) is 0 Å². The Hall–Kier alpha value is -10.7. The van der Waals surface area contributed by atoms with E-state index in [2.05, 4.69) is 51.5 Å². The van der Waals surface area contributed by atoms with Crippen molar-refractivity contribution in [3.05, 3.63) is 260 Å². The van der Waals surface area contributed by atoms with Crippen molar-refractivity contribution in [1.29, 1.82) is 0 Å². The number of benzene rings is 11. The molecule has 436 valence electrons. The van der Waals surface area contributed by atoms with Crippen LogP contribution in [-0.2, 0) is 10.8 Å². The number of imide groups is 2. The second kappa shape index (κ2) is 21.6. The van der Waals surface area contributed by atoms with Crippen LogP contribution in [0.1, 0.15) is 104 Å². The van der Waals surface area contributed by atoms with Gasteiger partial charge in [-0.1, -0.05) is 139 Å². The highest BCUT2D eigenvalue weighted by Crippen LogP contribution is 2.54. The van der Waals surface area contributed by atoms with E-state index in [4.69, 9.17) is 9.47 Å². The molecule has 12 heteroatoms. The van der Waals surface area contributed by atoms with Gasteiger partial charge in [-0.15, -0.1) is 22.7 Å². The first kappa shape index (κ1) is 55.9. The van der Waals surface area contributed by atoms with E-state index in [9.17, 15) is 0 Å². The molecule has 0 saturated heterocycles. The van der Waals surface area contributed by atoms with Crippen LogP contribution in [0.2, 0.25) is 0 Å². The lowest BCUT2D eigenvalue weighted by atomic mass is 9.81. The zero-order valence-corrected chi connectivity index (χ0v) is 51.6. The highest BCUT2D eigenvalue weighted by molar-refractivity contribution is 7.12. The summed E-state index contributed by atoms with van der Waals surface area (Å²) in [6.45, 7) is 12.9. The Morgan fingerprint density at radius 1 is 0.367 bits per heavy atom. The predicted octanol–water partition coefficient (Wildman–Crippen LogP) is 20.5. The minimum atomic E-state index is -0.520. The van der Waals surface area contributed by atoms with Crippen molar-refractivity contribution in [1.82, 2.24) is 0 Å². The first-order valence-electron chi connectivity index (χ1n) is 29.7. The van der Waals surface area contributed by atoms with Crippen LogP contribution in [0.15, 0.2) is 227 Å². The molecule has 2 aromatic heterocycles. The lowest BCUT2D eigenvalue weighted by Gasteiger charge is -2.31. The van der Waals surface area contributed by atoms with Crippen LogP contribution in [0.3, 0.4) is 0 Å². The number of anilines is 2. The van der Waals surface area contributed by atoms with Crippen LogP contribution in [0.4, 0.5) is 22.7 Å².